The molecule has 1 aromatic carbocycles. The van der Waals surface area contributed by atoms with Crippen molar-refractivity contribution in [1.29, 1.82) is 0 Å². The van der Waals surface area contributed by atoms with Gasteiger partial charge in [0.15, 0.2) is 0 Å². The molecule has 0 aliphatic carbocycles. The van der Waals surface area contributed by atoms with Gasteiger partial charge in [0.25, 0.3) is 0 Å². The first-order valence-electron chi connectivity index (χ1n) is 5.80. The van der Waals surface area contributed by atoms with Gasteiger partial charge in [0, 0.05) is 6.54 Å². The first kappa shape index (κ1) is 13.5. The summed E-state index contributed by atoms with van der Waals surface area (Å²) in [5.74, 6) is 1.86. The molecule has 0 spiro atoms. The highest BCUT2D eigenvalue weighted by Gasteiger charge is 2.09. The van der Waals surface area contributed by atoms with Crippen LogP contribution in [0, 0.1) is 6.92 Å². The molecule has 0 amide bonds. The molecule has 0 fully saturated rings. The molecule has 1 heterocycles. The molecule has 18 heavy (non-hydrogen) atoms. The van der Waals surface area contributed by atoms with Gasteiger partial charge in [-0.3, -0.25) is 0 Å². The number of hydrogen-bond donors (Lipinski definition) is 1. The van der Waals surface area contributed by atoms with Crippen LogP contribution in [0.25, 0.3) is 0 Å². The van der Waals surface area contributed by atoms with E-state index in [1.165, 1.54) is 0 Å². The molecular formula is C14H15Cl2NO. The number of aryl methyl sites for hydroxylation is 1. The van der Waals surface area contributed by atoms with Gasteiger partial charge in [-0.05, 0) is 43.7 Å². The molecule has 1 aromatic heterocycles. The van der Waals surface area contributed by atoms with Crippen molar-refractivity contribution in [3.05, 3.63) is 57.5 Å². The molecule has 0 aliphatic rings. The Labute approximate surface area is 117 Å². The fourth-order valence-electron chi connectivity index (χ4n) is 1.71. The topological polar surface area (TPSA) is 25.2 Å². The lowest BCUT2D eigenvalue weighted by Gasteiger charge is -2.11. The summed E-state index contributed by atoms with van der Waals surface area (Å²) < 4.78 is 5.57. The molecule has 2 rings (SSSR count). The highest BCUT2D eigenvalue weighted by molar-refractivity contribution is 6.42. The second kappa shape index (κ2) is 5.79. The molecular weight excluding hydrogens is 269 g/mol. The average Bonchev–Trinajstić information content (AvgIpc) is 2.77. The van der Waals surface area contributed by atoms with E-state index in [0.717, 1.165) is 23.6 Å². The second-order valence-corrected chi connectivity index (χ2v) is 5.11. The van der Waals surface area contributed by atoms with Crippen LogP contribution in [0.3, 0.4) is 0 Å². The van der Waals surface area contributed by atoms with Crippen LogP contribution in [0.1, 0.15) is 30.0 Å². The maximum atomic E-state index is 5.97. The molecule has 4 heteroatoms. The zero-order valence-electron chi connectivity index (χ0n) is 10.3. The van der Waals surface area contributed by atoms with Gasteiger partial charge in [-0.25, -0.2) is 0 Å². The first-order chi connectivity index (χ1) is 8.56. The van der Waals surface area contributed by atoms with Gasteiger partial charge in [0.2, 0.25) is 0 Å². The highest BCUT2D eigenvalue weighted by atomic mass is 35.5. The molecule has 2 aromatic rings. The van der Waals surface area contributed by atoms with Crippen molar-refractivity contribution in [3.8, 4) is 0 Å². The molecule has 1 atom stereocenters. The van der Waals surface area contributed by atoms with Gasteiger partial charge in [0.1, 0.15) is 11.5 Å². The van der Waals surface area contributed by atoms with E-state index >= 15 is 0 Å². The molecule has 0 saturated carbocycles. The van der Waals surface area contributed by atoms with Crippen LogP contribution >= 0.6 is 23.2 Å². The Morgan fingerprint density at radius 1 is 1.17 bits per heavy atom. The summed E-state index contributed by atoms with van der Waals surface area (Å²) in [6.07, 6.45) is 0. The maximum absolute atomic E-state index is 5.97. The van der Waals surface area contributed by atoms with Crippen LogP contribution < -0.4 is 5.32 Å². The van der Waals surface area contributed by atoms with Crippen molar-refractivity contribution in [2.24, 2.45) is 0 Å². The molecule has 0 aliphatic heterocycles. The molecule has 0 saturated heterocycles. The third kappa shape index (κ3) is 3.29. The monoisotopic (exact) mass is 283 g/mol. The summed E-state index contributed by atoms with van der Waals surface area (Å²) >= 11 is 11.8. The minimum absolute atomic E-state index is 0.160. The second-order valence-electron chi connectivity index (χ2n) is 4.30. The van der Waals surface area contributed by atoms with Crippen LogP contribution in [0.4, 0.5) is 0 Å². The number of halogens is 2. The fraction of sp³-hybridized carbons (Fsp3) is 0.286. The van der Waals surface area contributed by atoms with E-state index in [9.17, 15) is 0 Å². The number of furan rings is 1. The third-order valence-corrected chi connectivity index (χ3v) is 3.52. The molecule has 0 bridgehead atoms. The van der Waals surface area contributed by atoms with Gasteiger partial charge in [-0.15, -0.1) is 0 Å². The summed E-state index contributed by atoms with van der Waals surface area (Å²) in [7, 11) is 0. The Kier molecular flexibility index (Phi) is 4.33. The summed E-state index contributed by atoms with van der Waals surface area (Å²) in [4.78, 5) is 0. The summed E-state index contributed by atoms with van der Waals surface area (Å²) in [5, 5.41) is 4.54. The SMILES string of the molecule is Cc1ccc([C@H](C)NCc2ccc(Cl)c(Cl)c2)o1. The fourth-order valence-corrected chi connectivity index (χ4v) is 2.03. The van der Waals surface area contributed by atoms with Gasteiger partial charge < -0.3 is 9.73 Å². The lowest BCUT2D eigenvalue weighted by molar-refractivity contribution is 0.416. The average molecular weight is 284 g/mol. The predicted octanol–water partition coefficient (Wildman–Crippen LogP) is 4.75. The Balaban J connectivity index is 1.97. The number of nitrogens with one attached hydrogen (secondary N) is 1. The zero-order valence-corrected chi connectivity index (χ0v) is 11.8. The van der Waals surface area contributed by atoms with Gasteiger partial charge >= 0.3 is 0 Å². The minimum atomic E-state index is 0.160. The van der Waals surface area contributed by atoms with E-state index in [4.69, 9.17) is 27.6 Å². The summed E-state index contributed by atoms with van der Waals surface area (Å²) in [6.45, 7) is 4.72. The predicted molar refractivity (Wildman–Crippen MR) is 75.2 cm³/mol. The smallest absolute Gasteiger partial charge is 0.120 e. The molecule has 0 radical (unpaired) electrons. The van der Waals surface area contributed by atoms with E-state index in [-0.39, 0.29) is 6.04 Å². The Hall–Kier alpha value is -0.960. The standard InChI is InChI=1S/C14H15Cl2NO/c1-9-3-6-14(18-9)10(2)17-8-11-4-5-12(15)13(16)7-11/h3-7,10,17H,8H2,1-2H3/t10-/m0/s1. The lowest BCUT2D eigenvalue weighted by Crippen LogP contribution is -2.17. The van der Waals surface area contributed by atoms with Crippen LogP contribution in [0.5, 0.6) is 0 Å². The van der Waals surface area contributed by atoms with E-state index in [2.05, 4.69) is 12.2 Å². The summed E-state index contributed by atoms with van der Waals surface area (Å²) in [5.41, 5.74) is 1.10. The Morgan fingerprint density at radius 2 is 1.94 bits per heavy atom. The van der Waals surface area contributed by atoms with Crippen LogP contribution in [-0.2, 0) is 6.54 Å². The molecule has 2 nitrogen and oxygen atoms in total. The number of rotatable bonds is 4. The van der Waals surface area contributed by atoms with Gasteiger partial charge in [-0.1, -0.05) is 29.3 Å². The van der Waals surface area contributed by atoms with E-state index in [1.807, 2.05) is 37.3 Å². The maximum Gasteiger partial charge on any atom is 0.120 e. The van der Waals surface area contributed by atoms with Crippen LogP contribution in [0.15, 0.2) is 34.7 Å². The molecule has 1 N–H and O–H groups in total. The minimum Gasteiger partial charge on any atom is -0.465 e. The molecule has 0 unspecified atom stereocenters. The van der Waals surface area contributed by atoms with Crippen molar-refractivity contribution >= 4 is 23.2 Å². The van der Waals surface area contributed by atoms with Gasteiger partial charge in [0.05, 0.1) is 16.1 Å². The van der Waals surface area contributed by atoms with Crippen molar-refractivity contribution < 1.29 is 4.42 Å². The van der Waals surface area contributed by atoms with Crippen molar-refractivity contribution in [1.82, 2.24) is 5.32 Å². The summed E-state index contributed by atoms with van der Waals surface area (Å²) in [6, 6.07) is 9.75. The first-order valence-corrected chi connectivity index (χ1v) is 6.55. The number of benzene rings is 1. The normalized spacial score (nSPS) is 12.7. The largest absolute Gasteiger partial charge is 0.465 e. The zero-order chi connectivity index (χ0) is 13.1. The number of hydrogen-bond acceptors (Lipinski definition) is 2. The van der Waals surface area contributed by atoms with E-state index < -0.39 is 0 Å². The van der Waals surface area contributed by atoms with Crippen molar-refractivity contribution in [2.45, 2.75) is 26.4 Å². The van der Waals surface area contributed by atoms with E-state index in [1.54, 1.807) is 0 Å². The lowest BCUT2D eigenvalue weighted by atomic mass is 10.2. The Morgan fingerprint density at radius 3 is 2.56 bits per heavy atom. The van der Waals surface area contributed by atoms with Crippen molar-refractivity contribution in [2.75, 3.05) is 0 Å². The van der Waals surface area contributed by atoms with Crippen LogP contribution in [-0.4, -0.2) is 0 Å². The van der Waals surface area contributed by atoms with Crippen LogP contribution in [0.2, 0.25) is 10.0 Å². The van der Waals surface area contributed by atoms with Crippen molar-refractivity contribution in [3.63, 3.8) is 0 Å². The third-order valence-electron chi connectivity index (χ3n) is 2.78. The molecule has 96 valence electrons. The quantitative estimate of drug-likeness (QED) is 0.876. The van der Waals surface area contributed by atoms with E-state index in [0.29, 0.717) is 10.0 Å². The van der Waals surface area contributed by atoms with Gasteiger partial charge in [-0.2, -0.15) is 0 Å². The Bertz CT molecular complexity index is 536. The highest BCUT2D eigenvalue weighted by Crippen LogP contribution is 2.23.